The van der Waals surface area contributed by atoms with Gasteiger partial charge < -0.3 is 5.32 Å². The maximum Gasteiger partial charge on any atom is 0.321 e. The molecule has 5 heteroatoms. The molecule has 0 saturated heterocycles. The van der Waals surface area contributed by atoms with Gasteiger partial charge in [0.15, 0.2) is 0 Å². The summed E-state index contributed by atoms with van der Waals surface area (Å²) >= 11 is 0. The van der Waals surface area contributed by atoms with Crippen molar-refractivity contribution < 1.29 is 9.59 Å². The SMILES string of the molecule is C#CCN(CC(=O)NC(=O)NC)C1CCCCC1. The normalized spacial score (nSPS) is 16.1. The van der Waals surface area contributed by atoms with E-state index in [1.54, 1.807) is 0 Å². The van der Waals surface area contributed by atoms with Crippen molar-refractivity contribution in [3.63, 3.8) is 0 Å². The summed E-state index contributed by atoms with van der Waals surface area (Å²) in [5.41, 5.74) is 0. The smallest absolute Gasteiger partial charge is 0.321 e. The van der Waals surface area contributed by atoms with Gasteiger partial charge in [-0.2, -0.15) is 0 Å². The minimum absolute atomic E-state index is 0.183. The zero-order valence-corrected chi connectivity index (χ0v) is 10.9. The third kappa shape index (κ3) is 4.76. The highest BCUT2D eigenvalue weighted by molar-refractivity contribution is 5.95. The van der Waals surface area contributed by atoms with Gasteiger partial charge in [0.05, 0.1) is 13.1 Å². The van der Waals surface area contributed by atoms with E-state index in [0.717, 1.165) is 12.8 Å². The number of amides is 3. The summed E-state index contributed by atoms with van der Waals surface area (Å²) in [6.45, 7) is 0.633. The van der Waals surface area contributed by atoms with Gasteiger partial charge in [0, 0.05) is 13.1 Å². The Bertz CT molecular complexity index is 330. The van der Waals surface area contributed by atoms with E-state index in [1.165, 1.54) is 26.3 Å². The molecule has 0 aromatic carbocycles. The molecule has 0 aliphatic heterocycles. The van der Waals surface area contributed by atoms with Crippen LogP contribution in [0.25, 0.3) is 0 Å². The number of carbonyl (C=O) groups is 2. The summed E-state index contributed by atoms with van der Waals surface area (Å²) < 4.78 is 0. The highest BCUT2D eigenvalue weighted by Gasteiger charge is 2.22. The predicted molar refractivity (Wildman–Crippen MR) is 69.9 cm³/mol. The Morgan fingerprint density at radius 1 is 1.33 bits per heavy atom. The lowest BCUT2D eigenvalue weighted by molar-refractivity contribution is -0.121. The van der Waals surface area contributed by atoms with E-state index < -0.39 is 6.03 Å². The molecule has 0 spiro atoms. The van der Waals surface area contributed by atoms with Crippen molar-refractivity contribution in [2.24, 2.45) is 0 Å². The summed E-state index contributed by atoms with van der Waals surface area (Å²) in [5, 5.41) is 4.61. The van der Waals surface area contributed by atoms with Crippen molar-refractivity contribution in [3.05, 3.63) is 0 Å². The van der Waals surface area contributed by atoms with Crippen LogP contribution >= 0.6 is 0 Å². The first kappa shape index (κ1) is 14.5. The van der Waals surface area contributed by atoms with Crippen molar-refractivity contribution in [1.82, 2.24) is 15.5 Å². The Kier molecular flexibility index (Phi) is 6.23. The standard InChI is InChI=1S/C13H21N3O2/c1-3-9-16(11-7-5-4-6-8-11)10-12(17)15-13(18)14-2/h1,11H,4-10H2,2H3,(H2,14,15,17,18). The predicted octanol–water partition coefficient (Wildman–Crippen LogP) is 0.710. The largest absolute Gasteiger partial charge is 0.341 e. The van der Waals surface area contributed by atoms with Crippen LogP contribution in [0.3, 0.4) is 0 Å². The molecule has 0 unspecified atom stereocenters. The zero-order valence-electron chi connectivity index (χ0n) is 10.9. The van der Waals surface area contributed by atoms with E-state index in [9.17, 15) is 9.59 Å². The third-order valence-corrected chi connectivity index (χ3v) is 3.21. The molecule has 5 nitrogen and oxygen atoms in total. The van der Waals surface area contributed by atoms with E-state index in [0.29, 0.717) is 12.6 Å². The van der Waals surface area contributed by atoms with Gasteiger partial charge in [-0.05, 0) is 12.8 Å². The number of rotatable bonds is 4. The average Bonchev–Trinajstić information content (AvgIpc) is 2.39. The lowest BCUT2D eigenvalue weighted by atomic mass is 9.94. The van der Waals surface area contributed by atoms with Gasteiger partial charge in [-0.15, -0.1) is 6.42 Å². The highest BCUT2D eigenvalue weighted by atomic mass is 16.2. The molecular weight excluding hydrogens is 230 g/mol. The number of terminal acetylenes is 1. The molecule has 0 heterocycles. The molecule has 0 atom stereocenters. The van der Waals surface area contributed by atoms with Crippen LogP contribution in [-0.2, 0) is 4.79 Å². The second kappa shape index (κ2) is 7.72. The molecule has 18 heavy (non-hydrogen) atoms. The van der Waals surface area contributed by atoms with Gasteiger partial charge in [-0.3, -0.25) is 15.0 Å². The van der Waals surface area contributed by atoms with Gasteiger partial charge in [0.1, 0.15) is 0 Å². The summed E-state index contributed by atoms with van der Waals surface area (Å²) in [4.78, 5) is 24.7. The van der Waals surface area contributed by atoms with Crippen molar-refractivity contribution >= 4 is 11.9 Å². The molecule has 0 aromatic heterocycles. The number of nitrogens with one attached hydrogen (secondary N) is 2. The topological polar surface area (TPSA) is 61.4 Å². The third-order valence-electron chi connectivity index (χ3n) is 3.21. The Morgan fingerprint density at radius 2 is 2.00 bits per heavy atom. The summed E-state index contributed by atoms with van der Waals surface area (Å²) in [7, 11) is 1.48. The van der Waals surface area contributed by atoms with Crippen molar-refractivity contribution in [1.29, 1.82) is 0 Å². The highest BCUT2D eigenvalue weighted by Crippen LogP contribution is 2.22. The van der Waals surface area contributed by atoms with Gasteiger partial charge in [-0.25, -0.2) is 4.79 Å². The minimum atomic E-state index is -0.482. The Balaban J connectivity index is 2.48. The fourth-order valence-corrected chi connectivity index (χ4v) is 2.29. The number of hydrogen-bond donors (Lipinski definition) is 2. The van der Waals surface area contributed by atoms with Crippen molar-refractivity contribution in [2.45, 2.75) is 38.1 Å². The van der Waals surface area contributed by atoms with Crippen LogP contribution in [0.4, 0.5) is 4.79 Å². The monoisotopic (exact) mass is 251 g/mol. The first-order valence-electron chi connectivity index (χ1n) is 6.36. The van der Waals surface area contributed by atoms with Crippen LogP contribution in [0.15, 0.2) is 0 Å². The van der Waals surface area contributed by atoms with E-state index in [-0.39, 0.29) is 12.5 Å². The molecule has 3 amide bonds. The fraction of sp³-hybridized carbons (Fsp3) is 0.692. The molecule has 100 valence electrons. The zero-order chi connectivity index (χ0) is 13.4. The van der Waals surface area contributed by atoms with E-state index >= 15 is 0 Å². The van der Waals surface area contributed by atoms with Gasteiger partial charge in [0.25, 0.3) is 0 Å². The van der Waals surface area contributed by atoms with Gasteiger partial charge >= 0.3 is 6.03 Å². The Labute approximate surface area is 108 Å². The maximum atomic E-state index is 11.7. The Morgan fingerprint density at radius 3 is 2.56 bits per heavy atom. The summed E-state index contributed by atoms with van der Waals surface area (Å²) in [5.74, 6) is 2.27. The molecular formula is C13H21N3O2. The fourth-order valence-electron chi connectivity index (χ4n) is 2.29. The minimum Gasteiger partial charge on any atom is -0.341 e. The van der Waals surface area contributed by atoms with E-state index in [4.69, 9.17) is 6.42 Å². The summed E-state index contributed by atoms with van der Waals surface area (Å²) in [6, 6.07) is -0.116. The Hall–Kier alpha value is -1.54. The molecule has 0 bridgehead atoms. The van der Waals surface area contributed by atoms with Crippen LogP contribution in [0.5, 0.6) is 0 Å². The van der Waals surface area contributed by atoms with E-state index in [2.05, 4.69) is 16.6 Å². The number of hydrogen-bond acceptors (Lipinski definition) is 3. The first-order valence-corrected chi connectivity index (χ1v) is 6.36. The van der Waals surface area contributed by atoms with Gasteiger partial charge in [0.2, 0.25) is 5.91 Å². The molecule has 0 radical (unpaired) electrons. The van der Waals surface area contributed by atoms with Crippen molar-refractivity contribution in [2.75, 3.05) is 20.1 Å². The number of carbonyl (C=O) groups excluding carboxylic acids is 2. The number of urea groups is 1. The van der Waals surface area contributed by atoms with E-state index in [1.807, 2.05) is 4.90 Å². The molecule has 1 aliphatic carbocycles. The molecule has 1 saturated carbocycles. The lowest BCUT2D eigenvalue weighted by Crippen LogP contribution is -2.47. The second-order valence-corrected chi connectivity index (χ2v) is 4.53. The van der Waals surface area contributed by atoms with Crippen LogP contribution in [0.1, 0.15) is 32.1 Å². The van der Waals surface area contributed by atoms with Crippen LogP contribution in [0.2, 0.25) is 0 Å². The number of imide groups is 1. The summed E-state index contributed by atoms with van der Waals surface area (Å²) in [6.07, 6.45) is 11.1. The quantitative estimate of drug-likeness (QED) is 0.723. The van der Waals surface area contributed by atoms with Crippen molar-refractivity contribution in [3.8, 4) is 12.3 Å². The number of nitrogens with zero attached hydrogens (tertiary/aromatic N) is 1. The molecule has 0 aromatic rings. The first-order chi connectivity index (χ1) is 8.67. The molecule has 2 N–H and O–H groups in total. The van der Waals surface area contributed by atoms with Crippen LogP contribution in [-0.4, -0.2) is 43.0 Å². The lowest BCUT2D eigenvalue weighted by Gasteiger charge is -2.32. The maximum absolute atomic E-state index is 11.7. The van der Waals surface area contributed by atoms with Crippen LogP contribution in [0, 0.1) is 12.3 Å². The molecule has 1 fully saturated rings. The van der Waals surface area contributed by atoms with Crippen LogP contribution < -0.4 is 10.6 Å². The van der Waals surface area contributed by atoms with Gasteiger partial charge in [-0.1, -0.05) is 25.2 Å². The second-order valence-electron chi connectivity index (χ2n) is 4.53. The average molecular weight is 251 g/mol. The molecule has 1 aliphatic rings. The molecule has 1 rings (SSSR count).